The van der Waals surface area contributed by atoms with Crippen LogP contribution in [0.4, 0.5) is 21.7 Å². The second-order valence-electron chi connectivity index (χ2n) is 8.95. The summed E-state index contributed by atoms with van der Waals surface area (Å²) < 4.78 is 20.7. The van der Waals surface area contributed by atoms with Crippen molar-refractivity contribution in [3.63, 3.8) is 0 Å². The number of halogens is 1. The van der Waals surface area contributed by atoms with Gasteiger partial charge in [0.15, 0.2) is 17.1 Å². The highest BCUT2D eigenvalue weighted by Crippen LogP contribution is 2.34. The average Bonchev–Trinajstić information content (AvgIpc) is 3.25. The van der Waals surface area contributed by atoms with E-state index in [-0.39, 0.29) is 35.8 Å². The van der Waals surface area contributed by atoms with E-state index >= 15 is 4.39 Å². The van der Waals surface area contributed by atoms with Crippen LogP contribution in [0.15, 0.2) is 39.8 Å². The largest absolute Gasteiger partial charge is 0.477 e. The average molecular weight is 527 g/mol. The van der Waals surface area contributed by atoms with Gasteiger partial charge in [0.2, 0.25) is 11.3 Å². The topological polar surface area (TPSA) is 136 Å². The molecule has 5 heterocycles. The van der Waals surface area contributed by atoms with Gasteiger partial charge in [-0.2, -0.15) is 0 Å². The molecular weight excluding hydrogens is 503 g/mol. The molecule has 1 atom stereocenters. The summed E-state index contributed by atoms with van der Waals surface area (Å²) in [6, 6.07) is 4.55. The van der Waals surface area contributed by atoms with E-state index in [4.69, 9.17) is 0 Å². The zero-order valence-electron chi connectivity index (χ0n) is 20.1. The molecule has 1 fully saturated rings. The molecule has 0 spiro atoms. The third kappa shape index (κ3) is 4.43. The lowest BCUT2D eigenvalue weighted by atomic mass is 9.99. The monoisotopic (exact) mass is 526 g/mol. The van der Waals surface area contributed by atoms with E-state index in [2.05, 4.69) is 19.7 Å². The molecule has 0 bridgehead atoms. The fraction of sp³-hybridized carbons (Fsp3) is 0.304. The van der Waals surface area contributed by atoms with E-state index < -0.39 is 34.2 Å². The third-order valence-corrected chi connectivity index (χ3v) is 7.17. The van der Waals surface area contributed by atoms with Gasteiger partial charge in [0.1, 0.15) is 23.4 Å². The Kier molecular flexibility index (Phi) is 6.19. The molecule has 2 aliphatic heterocycles. The van der Waals surface area contributed by atoms with Crippen LogP contribution in [0.25, 0.3) is 11.0 Å². The summed E-state index contributed by atoms with van der Waals surface area (Å²) in [6.45, 7) is 0.436. The van der Waals surface area contributed by atoms with E-state index in [0.717, 1.165) is 23.7 Å². The number of carboxylic acids is 1. The van der Waals surface area contributed by atoms with Crippen molar-refractivity contribution in [2.75, 3.05) is 49.3 Å². The fourth-order valence-corrected chi connectivity index (χ4v) is 4.86. The molecule has 3 aromatic rings. The maximum absolute atomic E-state index is 15.1. The Balaban J connectivity index is 1.40. The summed E-state index contributed by atoms with van der Waals surface area (Å²) in [5.41, 5.74) is -0.798. The smallest absolute Gasteiger partial charge is 0.341 e. The number of aromatic nitrogens is 3. The molecule has 12 nitrogen and oxygen atoms in total. The Morgan fingerprint density at radius 2 is 2.03 bits per heavy atom. The van der Waals surface area contributed by atoms with Gasteiger partial charge in [-0.3, -0.25) is 14.2 Å². The van der Waals surface area contributed by atoms with Gasteiger partial charge in [0.25, 0.3) is 0 Å². The van der Waals surface area contributed by atoms with Crippen molar-refractivity contribution in [1.29, 1.82) is 0 Å². The van der Waals surface area contributed by atoms with E-state index in [1.54, 1.807) is 35.4 Å². The Morgan fingerprint density at radius 3 is 2.62 bits per heavy atom. The highest BCUT2D eigenvalue weighted by atomic mass is 32.2. The highest BCUT2D eigenvalue weighted by Gasteiger charge is 2.36. The van der Waals surface area contributed by atoms with Crippen molar-refractivity contribution >= 4 is 58.5 Å². The van der Waals surface area contributed by atoms with E-state index in [1.807, 2.05) is 25.1 Å². The summed E-state index contributed by atoms with van der Waals surface area (Å²) >= 11 is 1.14. The van der Waals surface area contributed by atoms with Crippen LogP contribution in [0.2, 0.25) is 0 Å². The number of pyridine rings is 3. The van der Waals surface area contributed by atoms with Gasteiger partial charge < -0.3 is 25.1 Å². The van der Waals surface area contributed by atoms with Crippen molar-refractivity contribution in [2.24, 2.45) is 10.3 Å². The van der Waals surface area contributed by atoms with Crippen LogP contribution < -0.4 is 20.5 Å². The first kappa shape index (κ1) is 24.5. The van der Waals surface area contributed by atoms with Crippen molar-refractivity contribution < 1.29 is 19.1 Å². The molecule has 0 aromatic carbocycles. The summed E-state index contributed by atoms with van der Waals surface area (Å²) in [4.78, 5) is 51.0. The van der Waals surface area contributed by atoms with Gasteiger partial charge in [0.05, 0.1) is 23.2 Å². The highest BCUT2D eigenvalue weighted by molar-refractivity contribution is 7.98. The first-order chi connectivity index (χ1) is 17.6. The fourth-order valence-electron chi connectivity index (χ4n) is 4.08. The molecule has 3 aromatic heterocycles. The van der Waals surface area contributed by atoms with Crippen molar-refractivity contribution in [1.82, 2.24) is 19.4 Å². The van der Waals surface area contributed by atoms with Gasteiger partial charge in [-0.15, -0.1) is 0 Å². The second kappa shape index (κ2) is 9.35. The SMILES string of the molecule is CN(C)c1ccc(NC(=O)C2CN(c3nc4c(cc3F)c(=O)c(C(=O)O)cn4C3SN=CN3C)C2)nc1. The van der Waals surface area contributed by atoms with Crippen LogP contribution in [-0.4, -0.2) is 77.0 Å². The molecular formula is C23H23FN8O4S. The van der Waals surface area contributed by atoms with Crippen LogP contribution in [0.1, 0.15) is 15.9 Å². The molecule has 1 unspecified atom stereocenters. The minimum Gasteiger partial charge on any atom is -0.477 e. The van der Waals surface area contributed by atoms with Crippen LogP contribution in [0.3, 0.4) is 0 Å². The molecule has 0 saturated carbocycles. The number of carboxylic acid groups (broad SMARTS) is 1. The number of amides is 1. The Bertz CT molecular complexity index is 1490. The maximum atomic E-state index is 15.1. The Hall–Kier alpha value is -4.20. The number of nitrogens with one attached hydrogen (secondary N) is 1. The van der Waals surface area contributed by atoms with Crippen molar-refractivity contribution in [2.45, 2.75) is 5.50 Å². The predicted octanol–water partition coefficient (Wildman–Crippen LogP) is 1.85. The van der Waals surface area contributed by atoms with Crippen LogP contribution in [0, 0.1) is 11.7 Å². The number of hydrogen-bond acceptors (Lipinski definition) is 10. The number of carbonyl (C=O) groups excluding carboxylic acids is 1. The van der Waals surface area contributed by atoms with Gasteiger partial charge in [-0.1, -0.05) is 0 Å². The standard InChI is InChI=1S/C23H23FN8O4S/c1-29(2)13-4-5-17(25-7-13)27-21(34)12-8-31(9-12)20-16(24)6-14-18(33)15(22(35)36)10-32(19(14)28-20)23-30(3)11-26-37-23/h4-7,10-12,23H,8-9H2,1-3H3,(H,35,36)(H,25,27,34). The molecule has 14 heteroatoms. The minimum absolute atomic E-state index is 0.0206. The molecule has 37 heavy (non-hydrogen) atoms. The molecule has 192 valence electrons. The zero-order chi connectivity index (χ0) is 26.4. The lowest BCUT2D eigenvalue weighted by Crippen LogP contribution is -2.53. The van der Waals surface area contributed by atoms with Gasteiger partial charge >= 0.3 is 5.97 Å². The number of anilines is 3. The molecule has 0 aliphatic carbocycles. The molecule has 5 rings (SSSR count). The van der Waals surface area contributed by atoms with E-state index in [9.17, 15) is 19.5 Å². The summed E-state index contributed by atoms with van der Waals surface area (Å²) in [7, 11) is 5.52. The number of nitrogens with zero attached hydrogens (tertiary/aromatic N) is 7. The van der Waals surface area contributed by atoms with Gasteiger partial charge in [0, 0.05) is 52.4 Å². The molecule has 2 aliphatic rings. The summed E-state index contributed by atoms with van der Waals surface area (Å²) in [6.07, 6.45) is 4.41. The van der Waals surface area contributed by atoms with Crippen LogP contribution in [0.5, 0.6) is 0 Å². The number of carbonyl (C=O) groups is 2. The minimum atomic E-state index is -1.42. The van der Waals surface area contributed by atoms with Crippen LogP contribution in [-0.2, 0) is 4.79 Å². The third-order valence-electron chi connectivity index (χ3n) is 6.21. The number of rotatable bonds is 6. The first-order valence-corrected chi connectivity index (χ1v) is 12.1. The second-order valence-corrected chi connectivity index (χ2v) is 9.80. The predicted molar refractivity (Wildman–Crippen MR) is 139 cm³/mol. The quantitative estimate of drug-likeness (QED) is 0.458. The summed E-state index contributed by atoms with van der Waals surface area (Å²) in [5.74, 6) is -2.45. The first-order valence-electron chi connectivity index (χ1n) is 11.2. The van der Waals surface area contributed by atoms with Gasteiger partial charge in [-0.05, 0) is 18.2 Å². The molecule has 2 N–H and O–H groups in total. The van der Waals surface area contributed by atoms with Crippen molar-refractivity contribution in [3.05, 3.63) is 52.2 Å². The van der Waals surface area contributed by atoms with Crippen molar-refractivity contribution in [3.8, 4) is 0 Å². The normalized spacial score (nSPS) is 17.2. The van der Waals surface area contributed by atoms with Gasteiger partial charge in [-0.25, -0.2) is 23.6 Å². The Morgan fingerprint density at radius 1 is 1.27 bits per heavy atom. The molecule has 0 radical (unpaired) electrons. The molecule has 1 amide bonds. The maximum Gasteiger partial charge on any atom is 0.341 e. The summed E-state index contributed by atoms with van der Waals surface area (Å²) in [5, 5.41) is 12.1. The molecule has 1 saturated heterocycles. The number of aromatic carboxylic acids is 1. The Labute approximate surface area is 214 Å². The lowest BCUT2D eigenvalue weighted by molar-refractivity contribution is -0.120. The number of fused-ring (bicyclic) bond motifs is 1. The van der Waals surface area contributed by atoms with E-state index in [1.165, 1.54) is 10.8 Å². The van der Waals surface area contributed by atoms with E-state index in [0.29, 0.717) is 5.82 Å². The lowest BCUT2D eigenvalue weighted by Gasteiger charge is -2.39. The number of hydrogen-bond donors (Lipinski definition) is 2. The van der Waals surface area contributed by atoms with Crippen LogP contribution >= 0.6 is 11.9 Å². The zero-order valence-corrected chi connectivity index (χ0v) is 20.9.